The van der Waals surface area contributed by atoms with Gasteiger partial charge in [0.25, 0.3) is 5.91 Å². The number of aliphatic hydroxyl groups excluding tert-OH is 1. The van der Waals surface area contributed by atoms with Crippen molar-refractivity contribution in [3.05, 3.63) is 64.2 Å². The molecule has 2 N–H and O–H groups in total. The minimum Gasteiger partial charge on any atom is -0.387 e. The van der Waals surface area contributed by atoms with Crippen LogP contribution in [0.15, 0.2) is 36.4 Å². The summed E-state index contributed by atoms with van der Waals surface area (Å²) in [4.78, 5) is 27.8. The van der Waals surface area contributed by atoms with E-state index in [-0.39, 0.29) is 11.4 Å². The van der Waals surface area contributed by atoms with Crippen molar-refractivity contribution in [1.29, 1.82) is 5.26 Å². The molecule has 1 unspecified atom stereocenters. The number of piperazine rings is 1. The van der Waals surface area contributed by atoms with Crippen molar-refractivity contribution in [2.45, 2.75) is 37.4 Å². The first kappa shape index (κ1) is 27.6. The van der Waals surface area contributed by atoms with Crippen molar-refractivity contribution in [2.24, 2.45) is 0 Å². The van der Waals surface area contributed by atoms with Gasteiger partial charge < -0.3 is 24.9 Å². The zero-order chi connectivity index (χ0) is 30.0. The van der Waals surface area contributed by atoms with Crippen LogP contribution in [0.5, 0.6) is 0 Å². The molecule has 1 atom stereocenters. The molecule has 1 amide bonds. The van der Waals surface area contributed by atoms with Crippen LogP contribution in [-0.4, -0.2) is 69.8 Å². The van der Waals surface area contributed by atoms with Crippen LogP contribution in [0.4, 0.5) is 25.3 Å². The highest BCUT2D eigenvalue weighted by atomic mass is 32.1. The van der Waals surface area contributed by atoms with Crippen molar-refractivity contribution >= 4 is 44.7 Å². The van der Waals surface area contributed by atoms with E-state index in [2.05, 4.69) is 11.1 Å². The topological polar surface area (TPSA) is 117 Å². The third-order valence-corrected chi connectivity index (χ3v) is 9.66. The molecular formula is C31H28F2N6O3S. The molecule has 2 aliphatic carbocycles. The summed E-state index contributed by atoms with van der Waals surface area (Å²) >= 11 is 1.18. The normalized spacial score (nSPS) is 18.9. The summed E-state index contributed by atoms with van der Waals surface area (Å²) in [6.45, 7) is 1.80. The average molecular weight is 603 g/mol. The molecule has 2 aromatic heterocycles. The predicted octanol–water partition coefficient (Wildman–Crippen LogP) is 4.43. The van der Waals surface area contributed by atoms with Crippen molar-refractivity contribution < 1.29 is 23.8 Å². The van der Waals surface area contributed by atoms with E-state index in [1.165, 1.54) is 29.5 Å². The zero-order valence-corrected chi connectivity index (χ0v) is 24.2. The van der Waals surface area contributed by atoms with Crippen molar-refractivity contribution in [3.8, 4) is 17.3 Å². The molecule has 1 aliphatic heterocycles. The lowest BCUT2D eigenvalue weighted by atomic mass is 10.0. The Bertz CT molecular complexity index is 1810. The van der Waals surface area contributed by atoms with Crippen LogP contribution in [0, 0.1) is 23.0 Å². The minimum atomic E-state index is -1.22. The van der Waals surface area contributed by atoms with Gasteiger partial charge in [0.05, 0.1) is 17.5 Å². The van der Waals surface area contributed by atoms with Crippen LogP contribution in [0.25, 0.3) is 22.2 Å². The molecule has 220 valence electrons. The lowest BCUT2D eigenvalue weighted by Gasteiger charge is -2.37. The van der Waals surface area contributed by atoms with Crippen LogP contribution >= 0.6 is 11.3 Å². The SMILES string of the molecule is CN(c1nc(-c2ccc(F)cc2)c(C#N)s1)c1c2c(nc3c(F)cc(N4CCN(C(=O)C5(O)CC5)CC4)cc13)C(O)CC2. The second-order valence-electron chi connectivity index (χ2n) is 11.4. The lowest BCUT2D eigenvalue weighted by Crippen LogP contribution is -2.52. The van der Waals surface area contributed by atoms with Gasteiger partial charge in [-0.2, -0.15) is 5.26 Å². The highest BCUT2D eigenvalue weighted by molar-refractivity contribution is 7.16. The smallest absolute Gasteiger partial charge is 0.254 e. The van der Waals surface area contributed by atoms with Crippen LogP contribution in [0.2, 0.25) is 0 Å². The largest absolute Gasteiger partial charge is 0.387 e. The number of halogens is 2. The van der Waals surface area contributed by atoms with E-state index in [0.717, 1.165) is 5.56 Å². The van der Waals surface area contributed by atoms with E-state index in [0.29, 0.717) is 95.6 Å². The Balaban J connectivity index is 1.29. The number of aromatic nitrogens is 2. The number of anilines is 3. The van der Waals surface area contributed by atoms with Crippen LogP contribution in [0.3, 0.4) is 0 Å². The Morgan fingerprint density at radius 1 is 1.14 bits per heavy atom. The van der Waals surface area contributed by atoms with Gasteiger partial charge >= 0.3 is 0 Å². The van der Waals surface area contributed by atoms with Crippen LogP contribution < -0.4 is 9.80 Å². The van der Waals surface area contributed by atoms with Gasteiger partial charge in [-0.05, 0) is 62.1 Å². The summed E-state index contributed by atoms with van der Waals surface area (Å²) < 4.78 is 29.4. The highest BCUT2D eigenvalue weighted by Crippen LogP contribution is 2.45. The zero-order valence-electron chi connectivity index (χ0n) is 23.3. The van der Waals surface area contributed by atoms with Gasteiger partial charge in [-0.1, -0.05) is 11.3 Å². The van der Waals surface area contributed by atoms with E-state index in [1.54, 1.807) is 24.1 Å². The molecular weight excluding hydrogens is 574 g/mol. The molecule has 43 heavy (non-hydrogen) atoms. The molecule has 0 bridgehead atoms. The molecule has 9 nitrogen and oxygen atoms in total. The predicted molar refractivity (Wildman–Crippen MR) is 158 cm³/mol. The number of pyridine rings is 1. The quantitative estimate of drug-likeness (QED) is 0.345. The maximum absolute atomic E-state index is 15.8. The second kappa shape index (κ2) is 10.2. The maximum atomic E-state index is 15.8. The number of thiazole rings is 1. The number of nitriles is 1. The average Bonchev–Trinajstić information content (AvgIpc) is 3.45. The molecule has 12 heteroatoms. The minimum absolute atomic E-state index is 0.130. The molecule has 2 aromatic carbocycles. The number of fused-ring (bicyclic) bond motifs is 2. The molecule has 1 saturated heterocycles. The molecule has 0 radical (unpaired) electrons. The van der Waals surface area contributed by atoms with Gasteiger partial charge in [-0.15, -0.1) is 0 Å². The van der Waals surface area contributed by atoms with Gasteiger partial charge in [-0.3, -0.25) is 4.79 Å². The van der Waals surface area contributed by atoms with Gasteiger partial charge in [0.15, 0.2) is 10.9 Å². The first-order chi connectivity index (χ1) is 20.7. The van der Waals surface area contributed by atoms with Crippen molar-refractivity contribution in [1.82, 2.24) is 14.9 Å². The molecule has 2 fully saturated rings. The number of nitrogens with zero attached hydrogens (tertiary/aromatic N) is 6. The monoisotopic (exact) mass is 602 g/mol. The fourth-order valence-corrected chi connectivity index (χ4v) is 6.93. The number of rotatable bonds is 5. The van der Waals surface area contributed by atoms with Gasteiger partial charge in [0, 0.05) is 55.4 Å². The molecule has 1 saturated carbocycles. The third kappa shape index (κ3) is 4.68. The summed E-state index contributed by atoms with van der Waals surface area (Å²) in [7, 11) is 1.80. The Kier molecular flexibility index (Phi) is 6.57. The first-order valence-corrected chi connectivity index (χ1v) is 15.0. The number of benzene rings is 2. The Morgan fingerprint density at radius 3 is 2.53 bits per heavy atom. The summed E-state index contributed by atoms with van der Waals surface area (Å²) in [5.41, 5.74) is 2.47. The Hall–Kier alpha value is -4.18. The number of carbonyl (C=O) groups is 1. The molecule has 4 aromatic rings. The maximum Gasteiger partial charge on any atom is 0.254 e. The first-order valence-electron chi connectivity index (χ1n) is 14.2. The summed E-state index contributed by atoms with van der Waals surface area (Å²) in [5, 5.41) is 31.9. The molecule has 3 aliphatic rings. The van der Waals surface area contributed by atoms with Gasteiger partial charge in [0.1, 0.15) is 33.6 Å². The number of amides is 1. The molecule has 3 heterocycles. The Morgan fingerprint density at radius 2 is 1.86 bits per heavy atom. The second-order valence-corrected chi connectivity index (χ2v) is 12.3. The van der Waals surface area contributed by atoms with E-state index < -0.39 is 23.3 Å². The molecule has 0 spiro atoms. The molecule has 7 rings (SSSR count). The lowest BCUT2D eigenvalue weighted by molar-refractivity contribution is -0.142. The fraction of sp³-hybridized carbons (Fsp3) is 0.355. The van der Waals surface area contributed by atoms with Crippen LogP contribution in [-0.2, 0) is 11.2 Å². The standard InChI is InChI=1S/C31H28F2N6O3S/c1-37(30-36-25(24(16-34)43-30)17-2-4-18(32)5-3-17)28-20-6-7-23(40)27(20)35-26-21(28)14-19(15-22(26)33)38-10-12-39(13-11-38)29(41)31(42)8-9-31/h2-5,14-15,23,40,42H,6-13H2,1H3. The fourth-order valence-electron chi connectivity index (χ4n) is 6.08. The number of aliphatic hydroxyl groups is 2. The number of hydrogen-bond donors (Lipinski definition) is 2. The Labute approximate surface area is 250 Å². The van der Waals surface area contributed by atoms with Crippen LogP contribution in [0.1, 0.15) is 41.5 Å². The van der Waals surface area contributed by atoms with Crippen molar-refractivity contribution in [3.63, 3.8) is 0 Å². The third-order valence-electron chi connectivity index (χ3n) is 8.63. The van der Waals surface area contributed by atoms with Crippen molar-refractivity contribution in [2.75, 3.05) is 43.0 Å². The van der Waals surface area contributed by atoms with E-state index in [9.17, 15) is 24.7 Å². The summed E-state index contributed by atoms with van der Waals surface area (Å²) in [6.07, 6.45) is 1.15. The summed E-state index contributed by atoms with van der Waals surface area (Å²) in [6, 6.07) is 11.3. The van der Waals surface area contributed by atoms with Gasteiger partial charge in [-0.25, -0.2) is 18.7 Å². The van der Waals surface area contributed by atoms with E-state index in [1.807, 2.05) is 15.9 Å². The van der Waals surface area contributed by atoms with Gasteiger partial charge in [0.2, 0.25) is 0 Å². The number of hydrogen-bond acceptors (Lipinski definition) is 9. The van der Waals surface area contributed by atoms with E-state index in [4.69, 9.17) is 4.98 Å². The number of carbonyl (C=O) groups excluding carboxylic acids is 1. The van der Waals surface area contributed by atoms with E-state index >= 15 is 4.39 Å². The highest BCUT2D eigenvalue weighted by Gasteiger charge is 2.50. The summed E-state index contributed by atoms with van der Waals surface area (Å²) in [5.74, 6) is -1.16.